The van der Waals surface area contributed by atoms with Crippen LogP contribution in [0.5, 0.6) is 5.75 Å². The van der Waals surface area contributed by atoms with Crippen LogP contribution in [0.25, 0.3) is 0 Å². The monoisotopic (exact) mass is 463 g/mol. The molecule has 0 bridgehead atoms. The van der Waals surface area contributed by atoms with E-state index in [0.29, 0.717) is 5.92 Å². The highest BCUT2D eigenvalue weighted by molar-refractivity contribution is 6.30. The Morgan fingerprint density at radius 1 is 1.00 bits per heavy atom. The van der Waals surface area contributed by atoms with Crippen molar-refractivity contribution < 1.29 is 4.74 Å². The van der Waals surface area contributed by atoms with Crippen molar-refractivity contribution in [2.45, 2.75) is 25.8 Å². The van der Waals surface area contributed by atoms with Gasteiger partial charge >= 0.3 is 0 Å². The lowest BCUT2D eigenvalue weighted by molar-refractivity contribution is 0.118. The molecule has 0 aliphatic carbocycles. The summed E-state index contributed by atoms with van der Waals surface area (Å²) in [6, 6.07) is 24.7. The van der Waals surface area contributed by atoms with Crippen molar-refractivity contribution in [3.05, 3.63) is 95.3 Å². The van der Waals surface area contributed by atoms with E-state index in [-0.39, 0.29) is 6.04 Å². The van der Waals surface area contributed by atoms with E-state index in [1.807, 2.05) is 54.7 Å². The molecular weight excluding hydrogens is 430 g/mol. The minimum Gasteiger partial charge on any atom is -0.492 e. The predicted molar refractivity (Wildman–Crippen MR) is 136 cm³/mol. The lowest BCUT2D eigenvalue weighted by Crippen LogP contribution is -2.41. The zero-order valence-electron chi connectivity index (χ0n) is 19.4. The Balaban J connectivity index is 1.34. The minimum absolute atomic E-state index is 0.144. The molecule has 174 valence electrons. The van der Waals surface area contributed by atoms with Gasteiger partial charge in [-0.2, -0.15) is 0 Å². The van der Waals surface area contributed by atoms with Crippen molar-refractivity contribution in [3.63, 3.8) is 0 Å². The number of aromatic nitrogens is 1. The molecule has 4 rings (SSSR count). The SMILES string of the molecule is CCN(CC1CCN(CCOc2ccccc2)CC1)C(c1ccc(Cl)cc1)c1ccccn1. The first kappa shape index (κ1) is 23.7. The van der Waals surface area contributed by atoms with E-state index in [0.717, 1.165) is 55.8 Å². The maximum absolute atomic E-state index is 6.17. The average molecular weight is 464 g/mol. The van der Waals surface area contributed by atoms with Crippen LogP contribution in [-0.4, -0.2) is 54.1 Å². The number of hydrogen-bond donors (Lipinski definition) is 0. The first-order valence-electron chi connectivity index (χ1n) is 12.0. The predicted octanol–water partition coefficient (Wildman–Crippen LogP) is 5.94. The highest BCUT2D eigenvalue weighted by Crippen LogP contribution is 2.30. The van der Waals surface area contributed by atoms with Crippen LogP contribution in [0, 0.1) is 5.92 Å². The molecule has 2 heterocycles. The third kappa shape index (κ3) is 6.80. The van der Waals surface area contributed by atoms with E-state index in [9.17, 15) is 0 Å². The van der Waals surface area contributed by atoms with E-state index >= 15 is 0 Å². The van der Waals surface area contributed by atoms with Crippen LogP contribution >= 0.6 is 11.6 Å². The summed E-state index contributed by atoms with van der Waals surface area (Å²) in [5.74, 6) is 1.64. The fourth-order valence-electron chi connectivity index (χ4n) is 4.70. The van der Waals surface area contributed by atoms with Gasteiger partial charge in [0.15, 0.2) is 0 Å². The summed E-state index contributed by atoms with van der Waals surface area (Å²) in [6.45, 7) is 8.31. The van der Waals surface area contributed by atoms with E-state index in [2.05, 4.69) is 41.0 Å². The number of ether oxygens (including phenoxy) is 1. The van der Waals surface area contributed by atoms with E-state index in [1.54, 1.807) is 0 Å². The van der Waals surface area contributed by atoms with Gasteiger partial charge in [0.05, 0.1) is 11.7 Å². The van der Waals surface area contributed by atoms with Crippen molar-refractivity contribution in [2.75, 3.05) is 39.3 Å². The molecule has 0 saturated carbocycles. The molecule has 1 fully saturated rings. The molecule has 1 unspecified atom stereocenters. The van der Waals surface area contributed by atoms with Gasteiger partial charge in [-0.15, -0.1) is 0 Å². The minimum atomic E-state index is 0.144. The molecule has 0 spiro atoms. The van der Waals surface area contributed by atoms with Crippen LogP contribution in [0.4, 0.5) is 0 Å². The van der Waals surface area contributed by atoms with Crippen LogP contribution < -0.4 is 4.74 Å². The number of pyridine rings is 1. The first-order valence-corrected chi connectivity index (χ1v) is 12.4. The molecule has 1 aliphatic heterocycles. The van der Waals surface area contributed by atoms with Gasteiger partial charge in [0, 0.05) is 24.3 Å². The van der Waals surface area contributed by atoms with Gasteiger partial charge in [-0.3, -0.25) is 14.8 Å². The molecular formula is C28H34ClN3O. The molecule has 0 N–H and O–H groups in total. The summed E-state index contributed by atoms with van der Waals surface area (Å²) in [7, 11) is 0. The number of benzene rings is 2. The molecule has 3 aromatic rings. The average Bonchev–Trinajstić information content (AvgIpc) is 2.87. The number of halogens is 1. The van der Waals surface area contributed by atoms with Crippen LogP contribution in [0.15, 0.2) is 79.0 Å². The number of likely N-dealkylation sites (tertiary alicyclic amines) is 1. The Bertz CT molecular complexity index is 944. The van der Waals surface area contributed by atoms with Crippen LogP contribution in [-0.2, 0) is 0 Å². The molecule has 1 aromatic heterocycles. The number of hydrogen-bond acceptors (Lipinski definition) is 4. The maximum atomic E-state index is 6.17. The zero-order chi connectivity index (χ0) is 22.9. The first-order chi connectivity index (χ1) is 16.2. The van der Waals surface area contributed by atoms with E-state index in [1.165, 1.54) is 18.4 Å². The normalized spacial score (nSPS) is 16.1. The Hall–Kier alpha value is -2.40. The second-order valence-electron chi connectivity index (χ2n) is 8.74. The van der Waals surface area contributed by atoms with Gasteiger partial charge in [-0.25, -0.2) is 0 Å². The molecule has 5 heteroatoms. The third-order valence-corrected chi connectivity index (χ3v) is 6.80. The summed E-state index contributed by atoms with van der Waals surface area (Å²) in [6.07, 6.45) is 4.33. The molecule has 0 amide bonds. The fraction of sp³-hybridized carbons (Fsp3) is 0.393. The molecule has 0 radical (unpaired) electrons. The Morgan fingerprint density at radius 2 is 1.73 bits per heavy atom. The summed E-state index contributed by atoms with van der Waals surface area (Å²) >= 11 is 6.17. The molecule has 1 saturated heterocycles. The van der Waals surface area contributed by atoms with Crippen molar-refractivity contribution in [1.82, 2.24) is 14.8 Å². The Kier molecular flexibility index (Phi) is 8.76. The number of piperidine rings is 1. The highest BCUT2D eigenvalue weighted by Gasteiger charge is 2.27. The fourth-order valence-corrected chi connectivity index (χ4v) is 4.83. The van der Waals surface area contributed by atoms with Gasteiger partial charge in [0.1, 0.15) is 12.4 Å². The second-order valence-corrected chi connectivity index (χ2v) is 9.18. The summed E-state index contributed by atoms with van der Waals surface area (Å²) in [5.41, 5.74) is 2.34. The van der Waals surface area contributed by atoms with Gasteiger partial charge < -0.3 is 4.74 Å². The van der Waals surface area contributed by atoms with Crippen molar-refractivity contribution in [3.8, 4) is 5.75 Å². The van der Waals surface area contributed by atoms with Gasteiger partial charge in [0.2, 0.25) is 0 Å². The van der Waals surface area contributed by atoms with Crippen LogP contribution in [0.1, 0.15) is 37.1 Å². The lowest BCUT2D eigenvalue weighted by atomic mass is 9.93. The largest absolute Gasteiger partial charge is 0.492 e. The van der Waals surface area contributed by atoms with Crippen molar-refractivity contribution >= 4 is 11.6 Å². The number of nitrogens with zero attached hydrogens (tertiary/aromatic N) is 3. The smallest absolute Gasteiger partial charge is 0.119 e. The summed E-state index contributed by atoms with van der Waals surface area (Å²) in [5, 5.41) is 0.769. The van der Waals surface area contributed by atoms with E-state index in [4.69, 9.17) is 21.3 Å². The standard InChI is InChI=1S/C28H34ClN3O/c1-2-32(28(27-10-6-7-17-30-27)24-11-13-25(29)14-12-24)22-23-15-18-31(19-16-23)20-21-33-26-8-4-3-5-9-26/h3-14,17,23,28H,2,15-16,18-22H2,1H3. The third-order valence-electron chi connectivity index (χ3n) is 6.54. The maximum Gasteiger partial charge on any atom is 0.119 e. The quantitative estimate of drug-likeness (QED) is 0.372. The second kappa shape index (κ2) is 12.2. The Morgan fingerprint density at radius 3 is 2.39 bits per heavy atom. The Labute approximate surface area is 203 Å². The van der Waals surface area contributed by atoms with Crippen molar-refractivity contribution in [1.29, 1.82) is 0 Å². The highest BCUT2D eigenvalue weighted by atomic mass is 35.5. The molecule has 1 atom stereocenters. The molecule has 4 nitrogen and oxygen atoms in total. The number of para-hydroxylation sites is 1. The van der Waals surface area contributed by atoms with Gasteiger partial charge in [-0.05, 0) is 80.4 Å². The van der Waals surface area contributed by atoms with E-state index < -0.39 is 0 Å². The van der Waals surface area contributed by atoms with Crippen LogP contribution in [0.2, 0.25) is 5.02 Å². The zero-order valence-corrected chi connectivity index (χ0v) is 20.2. The van der Waals surface area contributed by atoms with Gasteiger partial charge in [0.25, 0.3) is 0 Å². The van der Waals surface area contributed by atoms with Crippen molar-refractivity contribution in [2.24, 2.45) is 5.92 Å². The lowest BCUT2D eigenvalue weighted by Gasteiger charge is -2.37. The van der Waals surface area contributed by atoms with Gasteiger partial charge in [-0.1, -0.05) is 54.9 Å². The number of rotatable bonds is 10. The molecule has 1 aliphatic rings. The molecule has 2 aromatic carbocycles. The summed E-state index contributed by atoms with van der Waals surface area (Å²) < 4.78 is 5.89. The topological polar surface area (TPSA) is 28.6 Å². The van der Waals surface area contributed by atoms with Crippen LogP contribution in [0.3, 0.4) is 0 Å². The molecule has 33 heavy (non-hydrogen) atoms. The summed E-state index contributed by atoms with van der Waals surface area (Å²) in [4.78, 5) is 9.82.